The minimum Gasteiger partial charge on any atom is -1.00 e. The minimum atomic E-state index is -3.61. The van der Waals surface area contributed by atoms with Gasteiger partial charge in [0.25, 0.3) is 6.47 Å². The molecule has 0 amide bonds. The topological polar surface area (TPSA) is 173 Å². The van der Waals surface area contributed by atoms with E-state index in [0.717, 1.165) is 30.6 Å². The number of aryl methyl sites for hydroxylation is 1. The van der Waals surface area contributed by atoms with E-state index in [1.165, 1.54) is 42.5 Å². The molecule has 0 spiro atoms. The van der Waals surface area contributed by atoms with Gasteiger partial charge in [-0.05, 0) is 72.8 Å². The molecule has 0 atom stereocenters. The van der Waals surface area contributed by atoms with E-state index in [4.69, 9.17) is 20.3 Å². The maximum absolute atomic E-state index is 11.2. The van der Waals surface area contributed by atoms with Gasteiger partial charge in [0.2, 0.25) is 20.0 Å². The molecule has 49 heavy (non-hydrogen) atoms. The maximum Gasteiger partial charge on any atom is 1.00 e. The fourth-order valence-electron chi connectivity index (χ4n) is 3.93. The molecule has 15 heteroatoms. The normalized spacial score (nSPS) is 10.3. The number of rotatable bonds is 12. The Morgan fingerprint density at radius 2 is 1.10 bits per heavy atom. The first-order valence-corrected chi connectivity index (χ1v) is 18.8. The van der Waals surface area contributed by atoms with Crippen LogP contribution in [0.1, 0.15) is 43.4 Å². The molecule has 0 aliphatic rings. The number of likely N-dealkylation sites (N-methyl/N-ethyl adjacent to an activating group) is 1. The molecule has 0 aliphatic heterocycles. The van der Waals surface area contributed by atoms with E-state index in [0.29, 0.717) is 5.33 Å². The van der Waals surface area contributed by atoms with Crippen molar-refractivity contribution in [3.05, 3.63) is 131 Å². The third-order valence-electron chi connectivity index (χ3n) is 6.44. The molecule has 0 saturated carbocycles. The second kappa shape index (κ2) is 29.3. The second-order valence-electron chi connectivity index (χ2n) is 10.3. The summed E-state index contributed by atoms with van der Waals surface area (Å²) in [4.78, 5) is 13.8. The molecule has 258 valence electrons. The zero-order valence-electron chi connectivity index (χ0n) is 29.6. The number of hydrogen-bond donors (Lipinski definition) is 2. The van der Waals surface area contributed by atoms with Gasteiger partial charge in [0, 0.05) is 18.4 Å². The zero-order chi connectivity index (χ0) is 35.1. The molecule has 4 rings (SSSR count). The van der Waals surface area contributed by atoms with Crippen LogP contribution in [0.3, 0.4) is 0 Å². The van der Waals surface area contributed by atoms with Crippen molar-refractivity contribution in [2.75, 3.05) is 13.6 Å². The smallest absolute Gasteiger partial charge is 1.00 e. The van der Waals surface area contributed by atoms with Gasteiger partial charge in [-0.3, -0.25) is 4.79 Å². The van der Waals surface area contributed by atoms with Gasteiger partial charge in [-0.15, -0.1) is 0 Å². The van der Waals surface area contributed by atoms with Crippen LogP contribution in [0.15, 0.2) is 119 Å². The van der Waals surface area contributed by atoms with E-state index in [1.54, 1.807) is 36.4 Å². The Bertz CT molecular complexity index is 1640. The molecule has 0 aromatic heterocycles. The van der Waals surface area contributed by atoms with E-state index < -0.39 is 20.0 Å². The average molecular weight is 829 g/mol. The first-order valence-electron chi connectivity index (χ1n) is 14.6. The van der Waals surface area contributed by atoms with Gasteiger partial charge in [0.15, 0.2) is 0 Å². The third-order valence-corrected chi connectivity index (χ3v) is 8.94. The van der Waals surface area contributed by atoms with Crippen LogP contribution in [0.25, 0.3) is 0 Å². The van der Waals surface area contributed by atoms with Crippen molar-refractivity contribution in [2.45, 2.75) is 54.3 Å². The monoisotopic (exact) mass is 827 g/mol. The van der Waals surface area contributed by atoms with Crippen LogP contribution in [0.5, 0.6) is 0 Å². The van der Waals surface area contributed by atoms with E-state index in [1.807, 2.05) is 18.2 Å². The van der Waals surface area contributed by atoms with Crippen LogP contribution in [0.2, 0.25) is 0 Å². The number of unbranched alkanes of at least 4 members (excludes halogenated alkanes) is 1. The molecule has 0 bridgehead atoms. The number of hydrogen-bond acceptors (Lipinski definition) is 8. The van der Waals surface area contributed by atoms with Crippen molar-refractivity contribution < 1.29 is 136 Å². The van der Waals surface area contributed by atoms with Gasteiger partial charge in [0.1, 0.15) is 0 Å². The van der Waals surface area contributed by atoms with E-state index in [2.05, 4.69) is 82.2 Å². The minimum absolute atomic E-state index is 0. The van der Waals surface area contributed by atoms with Crippen molar-refractivity contribution in [2.24, 2.45) is 10.3 Å². The molecule has 4 aromatic rings. The molecule has 10 nitrogen and oxygen atoms in total. The van der Waals surface area contributed by atoms with Crippen LogP contribution in [0.4, 0.5) is 0 Å². The van der Waals surface area contributed by atoms with Gasteiger partial charge in [-0.25, -0.2) is 27.1 Å². The maximum atomic E-state index is 11.2. The molecule has 4 N–H and O–H groups in total. The fourth-order valence-corrected chi connectivity index (χ4v) is 5.34. The van der Waals surface area contributed by atoms with Crippen LogP contribution in [-0.4, -0.2) is 41.8 Å². The number of nitrogens with zero attached hydrogens (tertiary/aromatic N) is 1. The van der Waals surface area contributed by atoms with Gasteiger partial charge in [-0.2, -0.15) is 0 Å². The van der Waals surface area contributed by atoms with E-state index >= 15 is 0 Å². The number of sulfonamides is 2. The zero-order valence-corrected chi connectivity index (χ0v) is 38.0. The largest absolute Gasteiger partial charge is 1.00 e. The quantitative estimate of drug-likeness (QED) is 0.0591. The Morgan fingerprint density at radius 3 is 1.45 bits per heavy atom. The number of carbonyl (C=O) groups is 1. The van der Waals surface area contributed by atoms with Crippen LogP contribution >= 0.6 is 15.9 Å². The summed E-state index contributed by atoms with van der Waals surface area (Å²) < 4.78 is 44.0. The summed E-state index contributed by atoms with van der Waals surface area (Å²) >= 11 is 3.25. The van der Waals surface area contributed by atoms with Gasteiger partial charge in [0.05, 0.1) is 9.79 Å². The van der Waals surface area contributed by atoms with Crippen molar-refractivity contribution in [3.8, 4) is 0 Å². The summed E-state index contributed by atoms with van der Waals surface area (Å²) in [5.74, 6) is 0. The Morgan fingerprint density at radius 1 is 0.714 bits per heavy atom. The van der Waals surface area contributed by atoms with Crippen LogP contribution in [-0.2, 0) is 54.4 Å². The molecular weight excluding hydrogens is 785 g/mol. The molecule has 0 heterocycles. The summed E-state index contributed by atoms with van der Waals surface area (Å²) in [6.07, 6.45) is 4.82. The molecule has 0 aliphatic carbocycles. The molecular formula is C34H44BrK2N3O7S2. The summed E-state index contributed by atoms with van der Waals surface area (Å²) in [5, 5.41) is 19.1. The Hall–Kier alpha value is -0.157. The first-order chi connectivity index (χ1) is 22.3. The van der Waals surface area contributed by atoms with E-state index in [9.17, 15) is 16.8 Å². The van der Waals surface area contributed by atoms with Gasteiger partial charge in [-0.1, -0.05) is 114 Å². The van der Waals surface area contributed by atoms with Crippen molar-refractivity contribution >= 4 is 42.4 Å². The molecule has 4 aromatic carbocycles. The SMILES string of the molecule is CCCCc1ccccc1.CN(CCc1ccccc1)Cc1ccc(S(N)(=O)=O)cc1.NS(=O)(=O)c1ccc(CBr)cc1.O=CO[O-].[H-].[K+].[K+]. The summed E-state index contributed by atoms with van der Waals surface area (Å²) in [7, 11) is -5.10. The molecule has 0 radical (unpaired) electrons. The number of alkyl halides is 1. The summed E-state index contributed by atoms with van der Waals surface area (Å²) in [5.41, 5.74) is 4.86. The second-order valence-corrected chi connectivity index (χ2v) is 14.0. The Kier molecular flexibility index (Phi) is 30.5. The predicted octanol–water partition coefficient (Wildman–Crippen LogP) is -1.18. The number of nitrogens with two attached hydrogens (primary N) is 2. The summed E-state index contributed by atoms with van der Waals surface area (Å²) in [6.45, 7) is 3.77. The summed E-state index contributed by atoms with van der Waals surface area (Å²) in [6, 6.07) is 34.1. The van der Waals surface area contributed by atoms with Crippen LogP contribution < -0.4 is 118 Å². The van der Waals surface area contributed by atoms with Gasteiger partial charge >= 0.3 is 103 Å². The predicted molar refractivity (Wildman–Crippen MR) is 188 cm³/mol. The van der Waals surface area contributed by atoms with Crippen molar-refractivity contribution in [1.29, 1.82) is 0 Å². The van der Waals surface area contributed by atoms with Crippen molar-refractivity contribution in [3.63, 3.8) is 0 Å². The molecule has 0 unspecified atom stereocenters. The third kappa shape index (κ3) is 24.7. The van der Waals surface area contributed by atoms with Crippen molar-refractivity contribution in [1.82, 2.24) is 4.90 Å². The Balaban J connectivity index is -0.000000653. The number of primary sulfonamides is 2. The van der Waals surface area contributed by atoms with Crippen LogP contribution in [0, 0.1) is 0 Å². The number of carbonyl (C=O) groups excluding carboxylic acids is 1. The Labute approximate surface area is 386 Å². The molecule has 0 fully saturated rings. The standard InChI is InChI=1S/C16H20N2O2S.C10H14.C7H8BrNO2S.CH2O3.2K.H/c1-18(12-11-14-5-3-2-4-6-14)13-15-7-9-16(10-8-15)21(17,19)20;1-2-3-7-10-8-5-4-6-9-10;8-5-6-1-3-7(4-2-6)12(9,10)11;2-1-4-3;;;/h2-10H,11-13H2,1H3,(H2,17,19,20);4-6,8-9H,2-3,7H2,1H3;1-4H,5H2,(H2,9,10,11);1,3H;;;/q;;;;2*+1;-1/p-1. The first kappa shape index (κ1) is 51.0. The molecule has 0 saturated heterocycles. The number of halogens is 1. The van der Waals surface area contributed by atoms with Gasteiger partial charge < -0.3 is 16.5 Å². The van der Waals surface area contributed by atoms with E-state index in [-0.39, 0.29) is 120 Å². The average Bonchev–Trinajstić information content (AvgIpc) is 3.07. The number of benzene rings is 4. The fraction of sp³-hybridized carbons (Fsp3) is 0.265.